The Kier molecular flexibility index (Phi) is 5.64. The standard InChI is InChI=1S/C11H14Br2O2/c1-8(7-14-2)15-10-3-4-11(13)9(5-10)6-12/h3-5,8H,6-7H2,1-2H3. The smallest absolute Gasteiger partial charge is 0.120 e. The van der Waals surface area contributed by atoms with E-state index in [0.717, 1.165) is 15.6 Å². The van der Waals surface area contributed by atoms with E-state index >= 15 is 0 Å². The number of benzene rings is 1. The molecule has 1 aromatic rings. The van der Waals surface area contributed by atoms with Crippen LogP contribution >= 0.6 is 31.9 Å². The quantitative estimate of drug-likeness (QED) is 0.762. The number of hydrogen-bond acceptors (Lipinski definition) is 2. The molecule has 0 aromatic heterocycles. The molecule has 1 aromatic carbocycles. The van der Waals surface area contributed by atoms with Crippen LogP contribution in [0.25, 0.3) is 0 Å². The minimum absolute atomic E-state index is 0.0688. The number of rotatable bonds is 5. The zero-order valence-electron chi connectivity index (χ0n) is 8.80. The highest BCUT2D eigenvalue weighted by molar-refractivity contribution is 9.10. The lowest BCUT2D eigenvalue weighted by Gasteiger charge is -2.14. The highest BCUT2D eigenvalue weighted by Crippen LogP contribution is 2.25. The monoisotopic (exact) mass is 336 g/mol. The van der Waals surface area contributed by atoms with Crippen molar-refractivity contribution in [1.29, 1.82) is 0 Å². The van der Waals surface area contributed by atoms with Crippen LogP contribution < -0.4 is 4.74 Å². The molecular weight excluding hydrogens is 324 g/mol. The zero-order valence-corrected chi connectivity index (χ0v) is 12.0. The summed E-state index contributed by atoms with van der Waals surface area (Å²) >= 11 is 6.91. The van der Waals surface area contributed by atoms with Crippen LogP contribution in [0.3, 0.4) is 0 Å². The van der Waals surface area contributed by atoms with Gasteiger partial charge in [0.2, 0.25) is 0 Å². The van der Waals surface area contributed by atoms with Gasteiger partial charge in [0.25, 0.3) is 0 Å². The predicted octanol–water partition coefficient (Wildman–Crippen LogP) is 3.76. The van der Waals surface area contributed by atoms with Gasteiger partial charge in [-0.2, -0.15) is 0 Å². The molecule has 0 amide bonds. The van der Waals surface area contributed by atoms with Gasteiger partial charge in [0.05, 0.1) is 6.61 Å². The van der Waals surface area contributed by atoms with Gasteiger partial charge >= 0.3 is 0 Å². The van der Waals surface area contributed by atoms with Crippen LogP contribution in [0.2, 0.25) is 0 Å². The van der Waals surface area contributed by atoms with Crippen LogP contribution in [0.15, 0.2) is 22.7 Å². The van der Waals surface area contributed by atoms with E-state index in [1.807, 2.05) is 25.1 Å². The Bertz CT molecular complexity index is 315. The second-order valence-electron chi connectivity index (χ2n) is 3.27. The Morgan fingerprint density at radius 3 is 2.73 bits per heavy atom. The van der Waals surface area contributed by atoms with E-state index in [1.54, 1.807) is 7.11 Å². The summed E-state index contributed by atoms with van der Waals surface area (Å²) in [5.74, 6) is 0.872. The van der Waals surface area contributed by atoms with Crippen molar-refractivity contribution in [2.24, 2.45) is 0 Å². The van der Waals surface area contributed by atoms with Crippen LogP contribution in [0, 0.1) is 0 Å². The molecule has 0 spiro atoms. The topological polar surface area (TPSA) is 18.5 Å². The van der Waals surface area contributed by atoms with Gasteiger partial charge in [0.15, 0.2) is 0 Å². The van der Waals surface area contributed by atoms with E-state index in [0.29, 0.717) is 6.61 Å². The van der Waals surface area contributed by atoms with Gasteiger partial charge < -0.3 is 9.47 Å². The lowest BCUT2D eigenvalue weighted by Crippen LogP contribution is -2.17. The summed E-state index contributed by atoms with van der Waals surface area (Å²) in [5.41, 5.74) is 1.18. The Balaban J connectivity index is 2.69. The van der Waals surface area contributed by atoms with E-state index < -0.39 is 0 Å². The molecule has 0 aliphatic carbocycles. The minimum atomic E-state index is 0.0688. The van der Waals surface area contributed by atoms with Gasteiger partial charge in [-0.15, -0.1) is 0 Å². The highest BCUT2D eigenvalue weighted by Gasteiger charge is 2.05. The summed E-state index contributed by atoms with van der Waals surface area (Å²) < 4.78 is 11.8. The maximum Gasteiger partial charge on any atom is 0.120 e. The van der Waals surface area contributed by atoms with Crippen LogP contribution in [0.4, 0.5) is 0 Å². The fourth-order valence-corrected chi connectivity index (χ4v) is 2.45. The third-order valence-electron chi connectivity index (χ3n) is 1.90. The van der Waals surface area contributed by atoms with Crippen molar-refractivity contribution >= 4 is 31.9 Å². The Hall–Kier alpha value is -0.0600. The molecule has 0 aliphatic heterocycles. The van der Waals surface area contributed by atoms with Gasteiger partial charge in [0, 0.05) is 16.9 Å². The molecule has 0 fully saturated rings. The number of halogens is 2. The third-order valence-corrected chi connectivity index (χ3v) is 3.28. The fourth-order valence-electron chi connectivity index (χ4n) is 1.23. The first-order valence-electron chi connectivity index (χ1n) is 4.67. The predicted molar refractivity (Wildman–Crippen MR) is 68.7 cm³/mol. The normalized spacial score (nSPS) is 12.5. The summed E-state index contributed by atoms with van der Waals surface area (Å²) in [6.07, 6.45) is 0.0688. The molecule has 0 radical (unpaired) electrons. The first-order chi connectivity index (χ1) is 7.17. The van der Waals surface area contributed by atoms with Gasteiger partial charge in [-0.1, -0.05) is 31.9 Å². The van der Waals surface area contributed by atoms with E-state index in [4.69, 9.17) is 9.47 Å². The molecule has 1 rings (SSSR count). The number of methoxy groups -OCH3 is 1. The molecule has 2 nitrogen and oxygen atoms in total. The molecule has 84 valence electrons. The first-order valence-corrected chi connectivity index (χ1v) is 6.58. The Labute approximate surface area is 107 Å². The molecule has 1 atom stereocenters. The summed E-state index contributed by atoms with van der Waals surface area (Å²) in [5, 5.41) is 0.809. The van der Waals surface area contributed by atoms with Crippen LogP contribution in [-0.2, 0) is 10.1 Å². The average molecular weight is 338 g/mol. The molecule has 15 heavy (non-hydrogen) atoms. The molecule has 1 unspecified atom stereocenters. The minimum Gasteiger partial charge on any atom is -0.488 e. The molecule has 0 N–H and O–H groups in total. The van der Waals surface area contributed by atoms with Gasteiger partial charge in [-0.3, -0.25) is 0 Å². The van der Waals surface area contributed by atoms with Crippen molar-refractivity contribution in [3.05, 3.63) is 28.2 Å². The van der Waals surface area contributed by atoms with Gasteiger partial charge in [-0.25, -0.2) is 0 Å². The number of alkyl halides is 1. The average Bonchev–Trinajstić information content (AvgIpc) is 2.21. The number of ether oxygens (including phenoxy) is 2. The molecule has 0 aliphatic rings. The maximum atomic E-state index is 5.69. The van der Waals surface area contributed by atoms with Crippen molar-refractivity contribution in [2.75, 3.05) is 13.7 Å². The van der Waals surface area contributed by atoms with E-state index in [-0.39, 0.29) is 6.10 Å². The van der Waals surface area contributed by atoms with Crippen LogP contribution in [-0.4, -0.2) is 19.8 Å². The van der Waals surface area contributed by atoms with Crippen LogP contribution in [0.5, 0.6) is 5.75 Å². The fraction of sp³-hybridized carbons (Fsp3) is 0.455. The van der Waals surface area contributed by atoms with E-state index in [2.05, 4.69) is 31.9 Å². The van der Waals surface area contributed by atoms with Gasteiger partial charge in [0.1, 0.15) is 11.9 Å². The molecular formula is C11H14Br2O2. The largest absolute Gasteiger partial charge is 0.488 e. The molecule has 0 saturated carbocycles. The molecule has 0 saturated heterocycles. The lowest BCUT2D eigenvalue weighted by atomic mass is 10.2. The van der Waals surface area contributed by atoms with Crippen molar-refractivity contribution in [3.8, 4) is 5.75 Å². The molecule has 4 heteroatoms. The van der Waals surface area contributed by atoms with Crippen molar-refractivity contribution in [2.45, 2.75) is 18.4 Å². The maximum absolute atomic E-state index is 5.69. The van der Waals surface area contributed by atoms with Crippen molar-refractivity contribution in [3.63, 3.8) is 0 Å². The molecule has 0 heterocycles. The Morgan fingerprint density at radius 2 is 2.13 bits per heavy atom. The third kappa shape index (κ3) is 4.13. The van der Waals surface area contributed by atoms with Crippen molar-refractivity contribution < 1.29 is 9.47 Å². The second kappa shape index (κ2) is 6.51. The first kappa shape index (κ1) is 13.0. The zero-order chi connectivity index (χ0) is 11.3. The highest BCUT2D eigenvalue weighted by atomic mass is 79.9. The SMILES string of the molecule is COCC(C)Oc1ccc(Br)c(CBr)c1. The van der Waals surface area contributed by atoms with E-state index in [9.17, 15) is 0 Å². The van der Waals surface area contributed by atoms with Crippen LogP contribution in [0.1, 0.15) is 12.5 Å². The van der Waals surface area contributed by atoms with Crippen molar-refractivity contribution in [1.82, 2.24) is 0 Å². The second-order valence-corrected chi connectivity index (χ2v) is 4.69. The van der Waals surface area contributed by atoms with Gasteiger partial charge in [-0.05, 0) is 30.7 Å². The summed E-state index contributed by atoms with van der Waals surface area (Å²) in [4.78, 5) is 0. The summed E-state index contributed by atoms with van der Waals surface area (Å²) in [6.45, 7) is 2.58. The lowest BCUT2D eigenvalue weighted by molar-refractivity contribution is 0.0920. The summed E-state index contributed by atoms with van der Waals surface area (Å²) in [7, 11) is 1.67. The Morgan fingerprint density at radius 1 is 1.40 bits per heavy atom. The van der Waals surface area contributed by atoms with E-state index in [1.165, 1.54) is 5.56 Å². The summed E-state index contributed by atoms with van der Waals surface area (Å²) in [6, 6.07) is 5.96. The number of hydrogen-bond donors (Lipinski definition) is 0. The molecule has 0 bridgehead atoms.